The third-order valence-corrected chi connectivity index (χ3v) is 5.35. The van der Waals surface area contributed by atoms with Crippen molar-refractivity contribution < 1.29 is 19.2 Å². The molecule has 0 radical (unpaired) electrons. The van der Waals surface area contributed by atoms with Gasteiger partial charge < -0.3 is 19.3 Å². The van der Waals surface area contributed by atoms with E-state index in [9.17, 15) is 4.79 Å². The Morgan fingerprint density at radius 1 is 1.20 bits per heavy atom. The molecule has 0 unspecified atom stereocenters. The quantitative estimate of drug-likeness (QED) is 0.821. The van der Waals surface area contributed by atoms with E-state index >= 15 is 0 Å². The molecule has 1 aliphatic heterocycles. The van der Waals surface area contributed by atoms with Crippen molar-refractivity contribution in [3.05, 3.63) is 35.9 Å². The van der Waals surface area contributed by atoms with E-state index in [-0.39, 0.29) is 5.91 Å². The zero-order valence-electron chi connectivity index (χ0n) is 15.3. The number of carbonyl (C=O) groups excluding carboxylic acids is 1. The van der Waals surface area contributed by atoms with Gasteiger partial charge in [-0.1, -0.05) is 18.2 Å². The van der Waals surface area contributed by atoms with Crippen LogP contribution in [-0.4, -0.2) is 57.8 Å². The smallest absolute Gasteiger partial charge is 0.258 e. The van der Waals surface area contributed by atoms with E-state index in [2.05, 4.69) is 12.2 Å². The molecule has 0 saturated carbocycles. The van der Waals surface area contributed by atoms with Crippen LogP contribution in [0.5, 0.6) is 11.5 Å². The molecule has 5 nitrogen and oxygen atoms in total. The predicted octanol–water partition coefficient (Wildman–Crippen LogP) is 1.40. The van der Waals surface area contributed by atoms with Crippen LogP contribution in [0.15, 0.2) is 30.4 Å². The number of quaternary nitrogens is 1. The number of methoxy groups -OCH3 is 2. The van der Waals surface area contributed by atoms with Crippen molar-refractivity contribution in [1.82, 2.24) is 4.90 Å². The Balaban J connectivity index is 1.59. The van der Waals surface area contributed by atoms with Gasteiger partial charge in [0.25, 0.3) is 5.91 Å². The number of allylic oxidation sites excluding steroid dienone is 2. The van der Waals surface area contributed by atoms with Crippen LogP contribution in [0.3, 0.4) is 0 Å². The molecule has 0 bridgehead atoms. The topological polar surface area (TPSA) is 43.2 Å². The minimum atomic E-state index is 0.0374. The van der Waals surface area contributed by atoms with Crippen LogP contribution in [0.4, 0.5) is 0 Å². The molecular weight excluding hydrogens is 316 g/mol. The van der Waals surface area contributed by atoms with E-state index in [0.717, 1.165) is 32.1 Å². The molecule has 1 atom stereocenters. The van der Waals surface area contributed by atoms with Gasteiger partial charge in [0.15, 0.2) is 11.5 Å². The first-order valence-electron chi connectivity index (χ1n) is 9.21. The third kappa shape index (κ3) is 4.15. The van der Waals surface area contributed by atoms with E-state index in [0.29, 0.717) is 17.1 Å². The molecule has 1 aromatic carbocycles. The van der Waals surface area contributed by atoms with Gasteiger partial charge in [0, 0.05) is 5.92 Å². The first-order valence-corrected chi connectivity index (χ1v) is 9.21. The fraction of sp³-hybridized carbons (Fsp3) is 0.550. The summed E-state index contributed by atoms with van der Waals surface area (Å²) in [6.07, 6.45) is 8.36. The van der Waals surface area contributed by atoms with Gasteiger partial charge in [0.05, 0.1) is 52.5 Å². The number of rotatable bonds is 5. The number of hydrogen-bond donors (Lipinski definition) is 1. The van der Waals surface area contributed by atoms with Crippen LogP contribution in [0.2, 0.25) is 0 Å². The van der Waals surface area contributed by atoms with Gasteiger partial charge in [-0.3, -0.25) is 4.79 Å². The average Bonchev–Trinajstić information content (AvgIpc) is 2.68. The van der Waals surface area contributed by atoms with Crippen LogP contribution in [0.25, 0.3) is 0 Å². The highest BCUT2D eigenvalue weighted by molar-refractivity contribution is 5.97. The standard InChI is InChI=1S/C20H28N2O3/c1-24-18-10-6-9-17(19(18)25-2)20(23)22-13-11-21(12-14-22)15-16-7-4-3-5-8-16/h3-4,6,9-10,16H,5,7-8,11-15H2,1-2H3/p+1/t16-/m0/s1. The second-order valence-electron chi connectivity index (χ2n) is 6.94. The lowest BCUT2D eigenvalue weighted by molar-refractivity contribution is -0.907. The first kappa shape index (κ1) is 17.8. The highest BCUT2D eigenvalue weighted by Gasteiger charge is 2.28. The summed E-state index contributed by atoms with van der Waals surface area (Å²) in [5, 5.41) is 0. The molecule has 0 aromatic heterocycles. The molecule has 3 rings (SSSR count). The van der Waals surface area contributed by atoms with Gasteiger partial charge in [-0.05, 0) is 31.4 Å². The maximum Gasteiger partial charge on any atom is 0.258 e. The Bertz CT molecular complexity index is 621. The molecule has 1 N–H and O–H groups in total. The summed E-state index contributed by atoms with van der Waals surface area (Å²) in [7, 11) is 3.17. The highest BCUT2D eigenvalue weighted by Crippen LogP contribution is 2.31. The monoisotopic (exact) mass is 345 g/mol. The molecule has 1 aliphatic carbocycles. The van der Waals surface area contributed by atoms with Crippen LogP contribution >= 0.6 is 0 Å². The van der Waals surface area contributed by atoms with Gasteiger partial charge in [-0.15, -0.1) is 0 Å². The summed E-state index contributed by atoms with van der Waals surface area (Å²) >= 11 is 0. The van der Waals surface area contributed by atoms with Gasteiger partial charge >= 0.3 is 0 Å². The summed E-state index contributed by atoms with van der Waals surface area (Å²) in [5.41, 5.74) is 0.586. The molecule has 1 fully saturated rings. The van der Waals surface area contributed by atoms with Crippen molar-refractivity contribution in [2.75, 3.05) is 46.9 Å². The second-order valence-corrected chi connectivity index (χ2v) is 6.94. The zero-order chi connectivity index (χ0) is 17.6. The van der Waals surface area contributed by atoms with E-state index in [1.54, 1.807) is 19.1 Å². The van der Waals surface area contributed by atoms with Gasteiger partial charge in [-0.2, -0.15) is 0 Å². The summed E-state index contributed by atoms with van der Waals surface area (Å²) in [6, 6.07) is 5.47. The van der Waals surface area contributed by atoms with Crippen LogP contribution in [0.1, 0.15) is 29.6 Å². The lowest BCUT2D eigenvalue weighted by Gasteiger charge is -2.34. The molecule has 2 aliphatic rings. The summed E-state index contributed by atoms with van der Waals surface area (Å²) in [5.74, 6) is 1.97. The lowest BCUT2D eigenvalue weighted by atomic mass is 9.94. The number of benzene rings is 1. The van der Waals surface area contributed by atoms with Crippen LogP contribution < -0.4 is 14.4 Å². The summed E-state index contributed by atoms with van der Waals surface area (Å²) in [6.45, 7) is 4.89. The molecule has 25 heavy (non-hydrogen) atoms. The molecule has 1 amide bonds. The molecule has 136 valence electrons. The van der Waals surface area contributed by atoms with Gasteiger partial charge in [0.1, 0.15) is 0 Å². The Labute approximate surface area is 150 Å². The number of hydrogen-bond acceptors (Lipinski definition) is 3. The Morgan fingerprint density at radius 3 is 2.64 bits per heavy atom. The van der Waals surface area contributed by atoms with E-state index in [1.165, 1.54) is 25.8 Å². The van der Waals surface area contributed by atoms with Crippen molar-refractivity contribution in [1.29, 1.82) is 0 Å². The SMILES string of the molecule is COc1cccc(C(=O)N2CC[NH+](C[C@H]3CC=CCC3)CC2)c1OC. The number of nitrogens with one attached hydrogen (secondary N) is 1. The number of piperazine rings is 1. The average molecular weight is 345 g/mol. The van der Waals surface area contributed by atoms with Gasteiger partial charge in [0.2, 0.25) is 0 Å². The normalized spacial score (nSPS) is 21.2. The van der Waals surface area contributed by atoms with Crippen molar-refractivity contribution >= 4 is 5.91 Å². The molecule has 1 saturated heterocycles. The number of para-hydroxylation sites is 1. The van der Waals surface area contributed by atoms with E-state index in [1.807, 2.05) is 23.1 Å². The minimum Gasteiger partial charge on any atom is -0.493 e. The first-order chi connectivity index (χ1) is 12.2. The number of amides is 1. The van der Waals surface area contributed by atoms with Crippen LogP contribution in [0, 0.1) is 5.92 Å². The largest absolute Gasteiger partial charge is 0.493 e. The Morgan fingerprint density at radius 2 is 2.00 bits per heavy atom. The lowest BCUT2D eigenvalue weighted by Crippen LogP contribution is -3.15. The molecule has 5 heteroatoms. The number of nitrogens with zero attached hydrogens (tertiary/aromatic N) is 1. The van der Waals surface area contributed by atoms with E-state index < -0.39 is 0 Å². The third-order valence-electron chi connectivity index (χ3n) is 5.35. The fourth-order valence-electron chi connectivity index (χ4n) is 3.91. The predicted molar refractivity (Wildman–Crippen MR) is 97.5 cm³/mol. The highest BCUT2D eigenvalue weighted by atomic mass is 16.5. The maximum absolute atomic E-state index is 12.9. The zero-order valence-corrected chi connectivity index (χ0v) is 15.3. The van der Waals surface area contributed by atoms with Crippen molar-refractivity contribution in [3.8, 4) is 11.5 Å². The molecule has 1 aromatic rings. The maximum atomic E-state index is 12.9. The van der Waals surface area contributed by atoms with Crippen LogP contribution in [-0.2, 0) is 0 Å². The fourth-order valence-corrected chi connectivity index (χ4v) is 3.91. The molecular formula is C20H29N2O3+. The number of ether oxygens (including phenoxy) is 2. The molecule has 1 heterocycles. The van der Waals surface area contributed by atoms with Crippen molar-refractivity contribution in [2.45, 2.75) is 19.3 Å². The number of carbonyl (C=O) groups is 1. The second kappa shape index (κ2) is 8.39. The van der Waals surface area contributed by atoms with E-state index in [4.69, 9.17) is 9.47 Å². The summed E-state index contributed by atoms with van der Waals surface area (Å²) in [4.78, 5) is 16.5. The minimum absolute atomic E-state index is 0.0374. The van der Waals surface area contributed by atoms with Crippen molar-refractivity contribution in [2.24, 2.45) is 5.92 Å². The summed E-state index contributed by atoms with van der Waals surface area (Å²) < 4.78 is 10.7. The molecule has 0 spiro atoms. The Hall–Kier alpha value is -2.01. The Kier molecular flexibility index (Phi) is 5.97. The van der Waals surface area contributed by atoms with Gasteiger partial charge in [-0.25, -0.2) is 0 Å². The van der Waals surface area contributed by atoms with Crippen molar-refractivity contribution in [3.63, 3.8) is 0 Å².